The van der Waals surface area contributed by atoms with Gasteiger partial charge in [0, 0.05) is 17.8 Å². The predicted octanol–water partition coefficient (Wildman–Crippen LogP) is 1.62. The van der Waals surface area contributed by atoms with E-state index >= 15 is 0 Å². The van der Waals surface area contributed by atoms with Crippen molar-refractivity contribution in [3.8, 4) is 0 Å². The van der Waals surface area contributed by atoms with Crippen LogP contribution in [0, 0.1) is 12.8 Å². The fourth-order valence-corrected chi connectivity index (χ4v) is 2.90. The van der Waals surface area contributed by atoms with Crippen LogP contribution in [0.4, 0.5) is 0 Å². The zero-order chi connectivity index (χ0) is 16.7. The van der Waals surface area contributed by atoms with Crippen LogP contribution in [0.15, 0.2) is 0 Å². The molecule has 6 nitrogen and oxygen atoms in total. The number of thiazole rings is 1. The zero-order valence-electron chi connectivity index (χ0n) is 14.5. The summed E-state index contributed by atoms with van der Waals surface area (Å²) in [5, 5.41) is 6.35. The monoisotopic (exact) mass is 398 g/mol. The second-order valence-corrected chi connectivity index (χ2v) is 6.84. The number of rotatable bonds is 8. The van der Waals surface area contributed by atoms with Gasteiger partial charge in [-0.15, -0.1) is 36.2 Å². The largest absolute Gasteiger partial charge is 0.354 e. The topological polar surface area (TPSA) is 97.1 Å². The normalized spacial score (nSPS) is 11.2. The van der Waals surface area contributed by atoms with Gasteiger partial charge in [0.25, 0.3) is 0 Å². The summed E-state index contributed by atoms with van der Waals surface area (Å²) in [4.78, 5) is 29.1. The Balaban J connectivity index is 0. The van der Waals surface area contributed by atoms with Gasteiger partial charge < -0.3 is 16.4 Å². The third kappa shape index (κ3) is 8.28. The van der Waals surface area contributed by atoms with Crippen LogP contribution >= 0.6 is 36.2 Å². The summed E-state index contributed by atoms with van der Waals surface area (Å²) in [7, 11) is 0. The minimum atomic E-state index is -0.585. The maximum Gasteiger partial charge on any atom is 0.239 e. The van der Waals surface area contributed by atoms with Crippen LogP contribution in [0.2, 0.25) is 0 Å². The van der Waals surface area contributed by atoms with Gasteiger partial charge in [0.1, 0.15) is 0 Å². The summed E-state index contributed by atoms with van der Waals surface area (Å²) in [6.45, 7) is 8.34. The number of hydrogen-bond acceptors (Lipinski definition) is 5. The molecular formula is C15H28Cl2N4O2S. The number of carbonyl (C=O) groups excluding carboxylic acids is 2. The number of halogens is 2. The van der Waals surface area contributed by atoms with Crippen molar-refractivity contribution in [2.45, 2.75) is 46.6 Å². The first kappa shape index (κ1) is 25.4. The van der Waals surface area contributed by atoms with E-state index < -0.39 is 6.04 Å². The highest BCUT2D eigenvalue weighted by atomic mass is 35.5. The Hall–Kier alpha value is -0.890. The average Bonchev–Trinajstić information content (AvgIpc) is 2.83. The summed E-state index contributed by atoms with van der Waals surface area (Å²) < 4.78 is 0. The number of nitrogens with zero attached hydrogens (tertiary/aromatic N) is 1. The molecule has 1 heterocycles. The third-order valence-corrected chi connectivity index (χ3v) is 4.45. The molecule has 0 aliphatic rings. The fraction of sp³-hybridized carbons (Fsp3) is 0.667. The quantitative estimate of drug-likeness (QED) is 0.619. The molecule has 0 aliphatic heterocycles. The van der Waals surface area contributed by atoms with E-state index in [2.05, 4.69) is 29.5 Å². The van der Waals surface area contributed by atoms with Crippen LogP contribution in [0.1, 0.15) is 36.3 Å². The highest BCUT2D eigenvalue weighted by Gasteiger charge is 2.17. The van der Waals surface area contributed by atoms with E-state index in [0.717, 1.165) is 17.1 Å². The minimum Gasteiger partial charge on any atom is -0.354 e. The highest BCUT2D eigenvalue weighted by Crippen LogP contribution is 2.17. The lowest BCUT2D eigenvalue weighted by Crippen LogP contribution is -2.47. The summed E-state index contributed by atoms with van der Waals surface area (Å²) in [6, 6.07) is -0.585. The van der Waals surface area contributed by atoms with Crippen LogP contribution in [0.5, 0.6) is 0 Å². The van der Waals surface area contributed by atoms with Gasteiger partial charge in [0.2, 0.25) is 11.8 Å². The Morgan fingerprint density at radius 1 is 1.25 bits per heavy atom. The van der Waals surface area contributed by atoms with Crippen LogP contribution in [0.3, 0.4) is 0 Å². The van der Waals surface area contributed by atoms with E-state index in [1.165, 1.54) is 4.88 Å². The summed E-state index contributed by atoms with van der Waals surface area (Å²) >= 11 is 1.67. The molecule has 0 saturated heterocycles. The molecule has 0 aromatic carbocycles. The zero-order valence-corrected chi connectivity index (χ0v) is 17.0. The van der Waals surface area contributed by atoms with Gasteiger partial charge in [-0.25, -0.2) is 4.98 Å². The third-order valence-electron chi connectivity index (χ3n) is 3.38. The van der Waals surface area contributed by atoms with Crippen molar-refractivity contribution in [1.82, 2.24) is 15.6 Å². The van der Waals surface area contributed by atoms with Crippen molar-refractivity contribution < 1.29 is 9.59 Å². The maximum atomic E-state index is 11.7. The van der Waals surface area contributed by atoms with E-state index in [1.54, 1.807) is 11.3 Å². The molecule has 9 heteroatoms. The molecule has 0 unspecified atom stereocenters. The second kappa shape index (κ2) is 12.5. The predicted molar refractivity (Wildman–Crippen MR) is 103 cm³/mol. The molecule has 0 radical (unpaired) electrons. The number of nitrogens with two attached hydrogens (primary N) is 1. The lowest BCUT2D eigenvalue weighted by Gasteiger charge is -2.15. The molecule has 0 saturated carbocycles. The highest BCUT2D eigenvalue weighted by molar-refractivity contribution is 7.11. The number of hydrogen-bond donors (Lipinski definition) is 3. The van der Waals surface area contributed by atoms with Crippen molar-refractivity contribution in [2.75, 3.05) is 13.1 Å². The molecule has 0 bridgehead atoms. The molecule has 2 amide bonds. The Morgan fingerprint density at radius 3 is 2.38 bits per heavy atom. The molecule has 24 heavy (non-hydrogen) atoms. The van der Waals surface area contributed by atoms with E-state index in [-0.39, 0.29) is 49.1 Å². The van der Waals surface area contributed by atoms with Gasteiger partial charge >= 0.3 is 0 Å². The summed E-state index contributed by atoms with van der Waals surface area (Å²) in [5.41, 5.74) is 6.83. The average molecular weight is 399 g/mol. The fourth-order valence-electron chi connectivity index (χ4n) is 1.88. The lowest BCUT2D eigenvalue weighted by atomic mass is 10.1. The lowest BCUT2D eigenvalue weighted by molar-refractivity contribution is -0.127. The molecule has 0 aliphatic carbocycles. The Morgan fingerprint density at radius 2 is 1.88 bits per heavy atom. The van der Waals surface area contributed by atoms with Gasteiger partial charge in [-0.05, 0) is 19.3 Å². The van der Waals surface area contributed by atoms with Gasteiger partial charge in [-0.1, -0.05) is 20.8 Å². The molecule has 1 aromatic heterocycles. The first-order valence-electron chi connectivity index (χ1n) is 7.60. The van der Waals surface area contributed by atoms with Crippen LogP contribution in [-0.4, -0.2) is 35.9 Å². The van der Waals surface area contributed by atoms with E-state index in [0.29, 0.717) is 13.0 Å². The molecule has 0 fully saturated rings. The number of aryl methyl sites for hydroxylation is 2. The second-order valence-electron chi connectivity index (χ2n) is 5.55. The van der Waals surface area contributed by atoms with Crippen molar-refractivity contribution in [2.24, 2.45) is 11.7 Å². The summed E-state index contributed by atoms with van der Waals surface area (Å²) in [5.74, 6) is -0.467. The Labute approximate surface area is 160 Å². The molecule has 1 rings (SSSR count). The molecule has 4 N–H and O–H groups in total. The molecule has 0 spiro atoms. The van der Waals surface area contributed by atoms with E-state index in [4.69, 9.17) is 5.73 Å². The van der Waals surface area contributed by atoms with Gasteiger partial charge in [0.15, 0.2) is 0 Å². The maximum absolute atomic E-state index is 11.7. The molecule has 140 valence electrons. The first-order valence-corrected chi connectivity index (χ1v) is 8.42. The van der Waals surface area contributed by atoms with Crippen molar-refractivity contribution in [3.05, 3.63) is 15.6 Å². The molecule has 1 atom stereocenters. The van der Waals surface area contributed by atoms with E-state index in [1.807, 2.05) is 13.8 Å². The number of aromatic nitrogens is 1. The minimum absolute atomic E-state index is 0. The van der Waals surface area contributed by atoms with Crippen molar-refractivity contribution in [3.63, 3.8) is 0 Å². The number of carbonyl (C=O) groups is 2. The Bertz CT molecular complexity index is 524. The number of nitrogens with one attached hydrogen (secondary N) is 2. The smallest absolute Gasteiger partial charge is 0.239 e. The standard InChI is InChI=1S/C15H26N4O2S.2ClH/c1-5-11-10(4)22-13(19-11)6-7-17-12(20)8-18-15(21)14(16)9(2)3;;/h9,14H,5-8,16H2,1-4H3,(H,17,20)(H,18,21);2*1H/t14-;;/m0../s1. The van der Waals surface area contributed by atoms with E-state index in [9.17, 15) is 9.59 Å². The molecule has 1 aromatic rings. The van der Waals surface area contributed by atoms with Crippen LogP contribution in [0.25, 0.3) is 0 Å². The van der Waals surface area contributed by atoms with Crippen molar-refractivity contribution in [1.29, 1.82) is 0 Å². The SMILES string of the molecule is CCc1nc(CCNC(=O)CNC(=O)[C@@H](N)C(C)C)sc1C.Cl.Cl. The van der Waals surface area contributed by atoms with Crippen LogP contribution in [-0.2, 0) is 22.4 Å². The first-order chi connectivity index (χ1) is 10.3. The summed E-state index contributed by atoms with van der Waals surface area (Å²) in [6.07, 6.45) is 1.63. The number of amides is 2. The van der Waals surface area contributed by atoms with Gasteiger partial charge in [-0.3, -0.25) is 9.59 Å². The molecular weight excluding hydrogens is 371 g/mol. The Kier molecular flexibility index (Phi) is 13.2. The van der Waals surface area contributed by atoms with Crippen molar-refractivity contribution >= 4 is 48.0 Å². The van der Waals surface area contributed by atoms with Gasteiger partial charge in [-0.2, -0.15) is 0 Å². The van der Waals surface area contributed by atoms with Crippen LogP contribution < -0.4 is 16.4 Å². The van der Waals surface area contributed by atoms with Gasteiger partial charge in [0.05, 0.1) is 23.3 Å².